The standard InChI is InChI=1S/C33H31Br2N3O2/c1-19-13-20(2)24(14-21(19)18-40-23-11-9-22(34)10-12-23)30-25(17-36)32(37)38(27-8-6-5-7-26(27)35)28-15-33(3,4)16-29(39)31(28)30/h5-14,30H,15-16,18,37H2,1-4H3. The van der Waals surface area contributed by atoms with Gasteiger partial charge in [0.15, 0.2) is 5.78 Å². The lowest BCUT2D eigenvalue weighted by atomic mass is 9.68. The number of para-hydroxylation sites is 1. The quantitative estimate of drug-likeness (QED) is 0.298. The van der Waals surface area contributed by atoms with Crippen molar-refractivity contribution >= 4 is 43.3 Å². The van der Waals surface area contributed by atoms with Crippen LogP contribution in [0.15, 0.2) is 92.3 Å². The van der Waals surface area contributed by atoms with Crippen LogP contribution in [0.3, 0.4) is 0 Å². The van der Waals surface area contributed by atoms with Crippen LogP contribution in [0.2, 0.25) is 0 Å². The number of nitriles is 1. The second kappa shape index (κ2) is 10.9. The van der Waals surface area contributed by atoms with Crippen LogP contribution in [0.4, 0.5) is 5.69 Å². The van der Waals surface area contributed by atoms with Crippen LogP contribution in [0.1, 0.15) is 54.9 Å². The van der Waals surface area contributed by atoms with Crippen LogP contribution in [0.25, 0.3) is 0 Å². The van der Waals surface area contributed by atoms with Crippen molar-refractivity contribution in [1.29, 1.82) is 5.26 Å². The minimum atomic E-state index is -0.547. The maximum Gasteiger partial charge on any atom is 0.162 e. The molecule has 0 aromatic heterocycles. The molecule has 5 rings (SSSR count). The highest BCUT2D eigenvalue weighted by atomic mass is 79.9. The third kappa shape index (κ3) is 5.23. The molecule has 5 nitrogen and oxygen atoms in total. The van der Waals surface area contributed by atoms with Gasteiger partial charge in [-0.15, -0.1) is 0 Å². The number of hydrogen-bond acceptors (Lipinski definition) is 5. The molecule has 1 heterocycles. The first-order chi connectivity index (χ1) is 19.0. The average molecular weight is 661 g/mol. The number of halogens is 2. The molecule has 40 heavy (non-hydrogen) atoms. The lowest BCUT2D eigenvalue weighted by molar-refractivity contribution is -0.118. The van der Waals surface area contributed by atoms with Crippen LogP contribution in [-0.4, -0.2) is 5.78 Å². The van der Waals surface area contributed by atoms with Crippen LogP contribution in [0.5, 0.6) is 5.75 Å². The Hall–Kier alpha value is -3.34. The van der Waals surface area contributed by atoms with Crippen LogP contribution in [0, 0.1) is 30.6 Å². The SMILES string of the molecule is Cc1cc(C)c(C2C(C#N)=C(N)N(c3ccccc3Br)C3=C2C(=O)CC(C)(C)C3)cc1COc1ccc(Br)cc1. The molecule has 3 aromatic rings. The molecule has 0 radical (unpaired) electrons. The number of Topliss-reactive ketones (excluding diaryl/α,β-unsaturated/α-hetero) is 1. The molecular weight excluding hydrogens is 630 g/mol. The topological polar surface area (TPSA) is 79.4 Å². The summed E-state index contributed by atoms with van der Waals surface area (Å²) < 4.78 is 7.94. The van der Waals surface area contributed by atoms with Crippen molar-refractivity contribution in [1.82, 2.24) is 0 Å². The van der Waals surface area contributed by atoms with E-state index in [2.05, 4.69) is 70.8 Å². The van der Waals surface area contributed by atoms with E-state index in [-0.39, 0.29) is 11.2 Å². The minimum absolute atomic E-state index is 0.0567. The van der Waals surface area contributed by atoms with E-state index < -0.39 is 5.92 Å². The van der Waals surface area contributed by atoms with E-state index in [4.69, 9.17) is 10.5 Å². The maximum atomic E-state index is 14.0. The van der Waals surface area contributed by atoms with Gasteiger partial charge in [-0.1, -0.05) is 54.0 Å². The summed E-state index contributed by atoms with van der Waals surface area (Å²) in [6.45, 7) is 8.67. The Balaban J connectivity index is 1.67. The van der Waals surface area contributed by atoms with Gasteiger partial charge in [0.25, 0.3) is 0 Å². The van der Waals surface area contributed by atoms with Gasteiger partial charge in [0.2, 0.25) is 0 Å². The van der Waals surface area contributed by atoms with Crippen molar-refractivity contribution in [3.05, 3.63) is 115 Å². The highest BCUT2D eigenvalue weighted by molar-refractivity contribution is 9.10. The number of rotatable bonds is 5. The van der Waals surface area contributed by atoms with Crippen molar-refractivity contribution in [2.45, 2.75) is 53.1 Å². The Bertz CT molecular complexity index is 1610. The van der Waals surface area contributed by atoms with E-state index in [0.717, 1.165) is 48.3 Å². The fraction of sp³-hybridized carbons (Fsp3) is 0.273. The number of benzene rings is 3. The molecule has 7 heteroatoms. The number of nitrogens with two attached hydrogens (primary N) is 1. The van der Waals surface area contributed by atoms with E-state index in [1.807, 2.05) is 60.4 Å². The van der Waals surface area contributed by atoms with Crippen LogP contribution >= 0.6 is 31.9 Å². The summed E-state index contributed by atoms with van der Waals surface area (Å²) in [5.41, 5.74) is 13.3. The third-order valence-electron chi connectivity index (χ3n) is 7.72. The van der Waals surface area contributed by atoms with Gasteiger partial charge in [-0.2, -0.15) is 5.26 Å². The van der Waals surface area contributed by atoms with Gasteiger partial charge in [0.1, 0.15) is 18.2 Å². The van der Waals surface area contributed by atoms with Gasteiger partial charge < -0.3 is 10.5 Å². The predicted molar refractivity (Wildman–Crippen MR) is 166 cm³/mol. The molecule has 0 spiro atoms. The number of allylic oxidation sites excluding steroid dienone is 3. The summed E-state index contributed by atoms with van der Waals surface area (Å²) in [5, 5.41) is 10.5. The molecule has 1 aliphatic heterocycles. The lowest BCUT2D eigenvalue weighted by Gasteiger charge is -2.44. The molecule has 0 saturated carbocycles. The molecule has 0 fully saturated rings. The normalized spacial score (nSPS) is 18.5. The van der Waals surface area contributed by atoms with Gasteiger partial charge >= 0.3 is 0 Å². The van der Waals surface area contributed by atoms with Crippen molar-refractivity contribution in [2.75, 3.05) is 4.90 Å². The first-order valence-electron chi connectivity index (χ1n) is 13.2. The molecule has 0 amide bonds. The van der Waals surface area contributed by atoms with Crippen molar-refractivity contribution in [2.24, 2.45) is 11.1 Å². The van der Waals surface area contributed by atoms with E-state index in [1.165, 1.54) is 0 Å². The Morgan fingerprint density at radius 1 is 1.05 bits per heavy atom. The molecule has 1 unspecified atom stereocenters. The summed E-state index contributed by atoms with van der Waals surface area (Å²) in [6.07, 6.45) is 1.07. The number of carbonyl (C=O) groups excluding carboxylic acids is 1. The first kappa shape index (κ1) is 28.2. The second-order valence-corrected chi connectivity index (χ2v) is 13.1. The number of nitrogens with zero attached hydrogens (tertiary/aromatic N) is 2. The zero-order valence-electron chi connectivity index (χ0n) is 23.0. The average Bonchev–Trinajstić information content (AvgIpc) is 2.89. The number of ketones is 1. The lowest BCUT2D eigenvalue weighted by Crippen LogP contribution is -2.42. The summed E-state index contributed by atoms with van der Waals surface area (Å²) in [4.78, 5) is 15.9. The molecule has 204 valence electrons. The zero-order chi connectivity index (χ0) is 28.8. The first-order valence-corrected chi connectivity index (χ1v) is 14.8. The highest BCUT2D eigenvalue weighted by Crippen LogP contribution is 2.51. The maximum absolute atomic E-state index is 14.0. The smallest absolute Gasteiger partial charge is 0.162 e. The fourth-order valence-electron chi connectivity index (χ4n) is 5.80. The van der Waals surface area contributed by atoms with Crippen molar-refractivity contribution in [3.8, 4) is 11.8 Å². The van der Waals surface area contributed by atoms with Gasteiger partial charge in [-0.25, -0.2) is 0 Å². The molecule has 3 aromatic carbocycles. The molecule has 2 N–H and O–H groups in total. The second-order valence-electron chi connectivity index (χ2n) is 11.3. The van der Waals surface area contributed by atoms with Crippen molar-refractivity contribution < 1.29 is 9.53 Å². The monoisotopic (exact) mass is 659 g/mol. The Morgan fingerprint density at radius 2 is 1.75 bits per heavy atom. The number of anilines is 1. The van der Waals surface area contributed by atoms with Gasteiger partial charge in [0.05, 0.1) is 23.2 Å². The third-order valence-corrected chi connectivity index (χ3v) is 8.92. The molecule has 1 atom stereocenters. The van der Waals surface area contributed by atoms with E-state index >= 15 is 0 Å². The van der Waals surface area contributed by atoms with Crippen molar-refractivity contribution in [3.63, 3.8) is 0 Å². The molecule has 1 aliphatic carbocycles. The summed E-state index contributed by atoms with van der Waals surface area (Å²) in [6, 6.07) is 22.1. The summed E-state index contributed by atoms with van der Waals surface area (Å²) in [5.74, 6) is 0.634. The Labute approximate surface area is 252 Å². The summed E-state index contributed by atoms with van der Waals surface area (Å²) in [7, 11) is 0. The minimum Gasteiger partial charge on any atom is -0.489 e. The Morgan fingerprint density at radius 3 is 2.42 bits per heavy atom. The number of ether oxygens (including phenoxy) is 1. The fourth-order valence-corrected chi connectivity index (χ4v) is 6.53. The van der Waals surface area contributed by atoms with Gasteiger partial charge in [0, 0.05) is 26.6 Å². The number of aryl methyl sites for hydroxylation is 2. The van der Waals surface area contributed by atoms with E-state index in [0.29, 0.717) is 36.4 Å². The zero-order valence-corrected chi connectivity index (χ0v) is 26.2. The van der Waals surface area contributed by atoms with Crippen LogP contribution in [-0.2, 0) is 11.4 Å². The summed E-state index contributed by atoms with van der Waals surface area (Å²) >= 11 is 7.12. The Kier molecular flexibility index (Phi) is 7.69. The van der Waals surface area contributed by atoms with E-state index in [1.54, 1.807) is 0 Å². The van der Waals surface area contributed by atoms with Gasteiger partial charge in [-0.3, -0.25) is 9.69 Å². The van der Waals surface area contributed by atoms with Crippen LogP contribution < -0.4 is 15.4 Å². The number of hydrogen-bond donors (Lipinski definition) is 1. The van der Waals surface area contributed by atoms with E-state index in [9.17, 15) is 10.1 Å². The molecule has 2 aliphatic rings. The van der Waals surface area contributed by atoms with Gasteiger partial charge in [-0.05, 0) is 100 Å². The largest absolute Gasteiger partial charge is 0.489 e. The predicted octanol–water partition coefficient (Wildman–Crippen LogP) is 8.35. The highest BCUT2D eigenvalue weighted by Gasteiger charge is 2.45. The molecule has 0 saturated heterocycles. The molecule has 0 bridgehead atoms. The molecular formula is C33H31Br2N3O2. The number of carbonyl (C=O) groups is 1.